The zero-order valence-corrected chi connectivity index (χ0v) is 15.6. The second-order valence-electron chi connectivity index (χ2n) is 7.16. The molecule has 3 aliphatic heterocycles. The third-order valence-corrected chi connectivity index (χ3v) is 5.17. The fourth-order valence-corrected chi connectivity index (χ4v) is 3.46. The molecule has 146 valence electrons. The van der Waals surface area contributed by atoms with Crippen molar-refractivity contribution in [3.8, 4) is 0 Å². The minimum Gasteiger partial charge on any atom is -0.381 e. The van der Waals surface area contributed by atoms with Gasteiger partial charge in [-0.1, -0.05) is 0 Å². The molecule has 0 unspecified atom stereocenters. The molecule has 0 aliphatic carbocycles. The van der Waals surface area contributed by atoms with E-state index in [-0.39, 0.29) is 11.9 Å². The van der Waals surface area contributed by atoms with Crippen LogP contribution in [0.3, 0.4) is 0 Å². The van der Waals surface area contributed by atoms with E-state index in [9.17, 15) is 9.59 Å². The monoisotopic (exact) mass is 380 g/mol. The van der Waals surface area contributed by atoms with Crippen molar-refractivity contribution in [2.45, 2.75) is 12.8 Å². The Balaban J connectivity index is 1.29. The van der Waals surface area contributed by atoms with Gasteiger partial charge >= 0.3 is 6.03 Å². The molecular weight excluding hydrogens is 356 g/mol. The summed E-state index contributed by atoms with van der Waals surface area (Å²) in [6.45, 7) is 2.74. The van der Waals surface area contributed by atoms with Crippen LogP contribution in [-0.2, 0) is 4.74 Å². The number of benzene rings is 1. The quantitative estimate of drug-likeness (QED) is 0.750. The van der Waals surface area contributed by atoms with E-state index < -0.39 is 0 Å². The summed E-state index contributed by atoms with van der Waals surface area (Å²) in [6.07, 6.45) is 9.48. The maximum absolute atomic E-state index is 12.5. The zero-order valence-electron chi connectivity index (χ0n) is 15.6. The molecule has 0 radical (unpaired) electrons. The maximum atomic E-state index is 12.5. The number of hydrogen-bond acceptors (Lipinski definition) is 4. The predicted octanol–water partition coefficient (Wildman–Crippen LogP) is 2.58. The van der Waals surface area contributed by atoms with Crippen LogP contribution in [0.15, 0.2) is 60.1 Å². The molecule has 7 nitrogen and oxygen atoms in total. The molecule has 3 N–H and O–H groups in total. The second-order valence-corrected chi connectivity index (χ2v) is 7.16. The third-order valence-electron chi connectivity index (χ3n) is 5.17. The summed E-state index contributed by atoms with van der Waals surface area (Å²) in [6, 6.07) is 6.75. The molecule has 1 saturated heterocycles. The van der Waals surface area contributed by atoms with Gasteiger partial charge in [-0.2, -0.15) is 0 Å². The topological polar surface area (TPSA) is 82.7 Å². The number of fused-ring (bicyclic) bond motifs is 1. The molecule has 0 aromatic heterocycles. The first-order chi connectivity index (χ1) is 13.7. The smallest absolute Gasteiger partial charge is 0.326 e. The fourth-order valence-electron chi connectivity index (χ4n) is 3.46. The Morgan fingerprint density at radius 2 is 1.96 bits per heavy atom. The van der Waals surface area contributed by atoms with Crippen LogP contribution in [0.2, 0.25) is 0 Å². The van der Waals surface area contributed by atoms with E-state index in [1.165, 1.54) is 0 Å². The summed E-state index contributed by atoms with van der Waals surface area (Å²) < 4.78 is 5.34. The van der Waals surface area contributed by atoms with Crippen LogP contribution in [-0.4, -0.2) is 43.1 Å². The average Bonchev–Trinajstić information content (AvgIpc) is 3.18. The van der Waals surface area contributed by atoms with Crippen LogP contribution in [0.5, 0.6) is 0 Å². The van der Waals surface area contributed by atoms with E-state index >= 15 is 0 Å². The first-order valence-corrected chi connectivity index (χ1v) is 9.56. The van der Waals surface area contributed by atoms with E-state index in [2.05, 4.69) is 16.0 Å². The lowest BCUT2D eigenvalue weighted by Gasteiger charge is -2.22. The van der Waals surface area contributed by atoms with E-state index in [1.807, 2.05) is 24.7 Å². The van der Waals surface area contributed by atoms with Gasteiger partial charge in [0.1, 0.15) is 0 Å². The second kappa shape index (κ2) is 8.31. The average molecular weight is 380 g/mol. The summed E-state index contributed by atoms with van der Waals surface area (Å²) in [5.74, 6) is 0.388. The highest BCUT2D eigenvalue weighted by Gasteiger charge is 2.23. The van der Waals surface area contributed by atoms with Gasteiger partial charge < -0.3 is 20.7 Å². The van der Waals surface area contributed by atoms with Crippen LogP contribution in [0, 0.1) is 5.92 Å². The fraction of sp³-hybridized carbons (Fsp3) is 0.333. The summed E-state index contributed by atoms with van der Waals surface area (Å²) >= 11 is 0. The molecule has 0 saturated carbocycles. The molecule has 0 atom stereocenters. The lowest BCUT2D eigenvalue weighted by Crippen LogP contribution is -2.32. The van der Waals surface area contributed by atoms with E-state index in [0.717, 1.165) is 37.2 Å². The standard InChI is InChI=1S/C21H24N4O3/c26-20(23-11-15-6-9-28-10-7-15)16-1-3-19(4-2-16)24-21(27)25-13-17-5-8-22-12-18(17)14-25/h1-5,8,12-13,15,22H,6-7,9-11,14H2,(H,23,26)(H,24,27). The number of rotatable bonds is 4. The van der Waals surface area contributed by atoms with Gasteiger partial charge in [-0.25, -0.2) is 4.79 Å². The van der Waals surface area contributed by atoms with Crippen LogP contribution in [0.1, 0.15) is 23.2 Å². The number of anilines is 1. The first kappa shape index (κ1) is 18.3. The van der Waals surface area contributed by atoms with E-state index in [1.54, 1.807) is 29.2 Å². The maximum Gasteiger partial charge on any atom is 0.326 e. The van der Waals surface area contributed by atoms with Crippen molar-refractivity contribution in [3.05, 3.63) is 65.7 Å². The van der Waals surface area contributed by atoms with Crippen LogP contribution in [0.4, 0.5) is 10.5 Å². The highest BCUT2D eigenvalue weighted by Crippen LogP contribution is 2.24. The highest BCUT2D eigenvalue weighted by atomic mass is 16.5. The molecule has 0 bridgehead atoms. The first-order valence-electron chi connectivity index (χ1n) is 9.56. The van der Waals surface area contributed by atoms with Crippen molar-refractivity contribution in [2.24, 2.45) is 5.92 Å². The lowest BCUT2D eigenvalue weighted by molar-refractivity contribution is 0.0642. The van der Waals surface area contributed by atoms with Crippen molar-refractivity contribution < 1.29 is 14.3 Å². The van der Waals surface area contributed by atoms with Gasteiger partial charge in [0.15, 0.2) is 0 Å². The Hall–Kier alpha value is -3.06. The summed E-state index contributed by atoms with van der Waals surface area (Å²) in [5, 5.41) is 8.88. The largest absolute Gasteiger partial charge is 0.381 e. The highest BCUT2D eigenvalue weighted by molar-refractivity contribution is 5.95. The number of urea groups is 1. The number of dihydropyridines is 1. The Morgan fingerprint density at radius 1 is 1.18 bits per heavy atom. The number of carbonyl (C=O) groups is 2. The van der Waals surface area contributed by atoms with Crippen molar-refractivity contribution in [1.82, 2.24) is 15.5 Å². The van der Waals surface area contributed by atoms with Gasteiger partial charge in [0, 0.05) is 49.6 Å². The minimum atomic E-state index is -0.201. The summed E-state index contributed by atoms with van der Waals surface area (Å²) in [7, 11) is 0. The zero-order chi connectivity index (χ0) is 19.3. The number of hydrogen-bond donors (Lipinski definition) is 3. The molecule has 3 amide bonds. The number of amides is 3. The molecule has 1 aromatic rings. The molecule has 3 aliphatic rings. The number of carbonyl (C=O) groups excluding carboxylic acids is 2. The van der Waals surface area contributed by atoms with Gasteiger partial charge in [0.25, 0.3) is 5.91 Å². The Labute approximate surface area is 164 Å². The number of ether oxygens (including phenoxy) is 1. The normalized spacial score (nSPS) is 18.6. The number of nitrogens with zero attached hydrogens (tertiary/aromatic N) is 1. The lowest BCUT2D eigenvalue weighted by atomic mass is 10.0. The van der Waals surface area contributed by atoms with Crippen LogP contribution < -0.4 is 16.0 Å². The molecule has 1 fully saturated rings. The molecule has 1 aromatic carbocycles. The third kappa shape index (κ3) is 4.26. The van der Waals surface area contributed by atoms with Gasteiger partial charge in [-0.3, -0.25) is 9.69 Å². The van der Waals surface area contributed by atoms with Crippen LogP contribution in [0.25, 0.3) is 0 Å². The van der Waals surface area contributed by atoms with E-state index in [4.69, 9.17) is 4.74 Å². The number of nitrogens with one attached hydrogen (secondary N) is 3. The van der Waals surface area contributed by atoms with Gasteiger partial charge in [-0.05, 0) is 60.2 Å². The van der Waals surface area contributed by atoms with Crippen molar-refractivity contribution in [2.75, 3.05) is 31.6 Å². The number of allylic oxidation sites excluding steroid dienone is 1. The van der Waals surface area contributed by atoms with Gasteiger partial charge in [0.2, 0.25) is 0 Å². The summed E-state index contributed by atoms with van der Waals surface area (Å²) in [5.41, 5.74) is 3.35. The molecule has 4 rings (SSSR count). The SMILES string of the molecule is O=C(NCC1CCOCC1)c1ccc(NC(=O)N2C=C3C=CNC=C3C2)cc1. The summed E-state index contributed by atoms with van der Waals surface area (Å²) in [4.78, 5) is 26.4. The molecule has 7 heteroatoms. The molecule has 28 heavy (non-hydrogen) atoms. The van der Waals surface area contributed by atoms with Crippen molar-refractivity contribution in [1.29, 1.82) is 0 Å². The molecule has 0 spiro atoms. The minimum absolute atomic E-state index is 0.0936. The van der Waals surface area contributed by atoms with Crippen molar-refractivity contribution >= 4 is 17.6 Å². The predicted molar refractivity (Wildman–Crippen MR) is 106 cm³/mol. The molecule has 3 heterocycles. The Bertz CT molecular complexity index is 836. The van der Waals surface area contributed by atoms with Crippen molar-refractivity contribution in [3.63, 3.8) is 0 Å². The molecular formula is C21H24N4O3. The van der Waals surface area contributed by atoms with E-state index in [0.29, 0.717) is 30.3 Å². The Kier molecular flexibility index (Phi) is 5.43. The Morgan fingerprint density at radius 3 is 2.71 bits per heavy atom. The van der Waals surface area contributed by atoms with Crippen LogP contribution >= 0.6 is 0 Å². The van der Waals surface area contributed by atoms with Gasteiger partial charge in [0.05, 0.1) is 6.54 Å². The van der Waals surface area contributed by atoms with Gasteiger partial charge in [-0.15, -0.1) is 0 Å².